The number of benzene rings is 2. The van der Waals surface area contributed by atoms with Gasteiger partial charge in [0.05, 0.1) is 26.4 Å². The molecule has 0 amide bonds. The lowest BCUT2D eigenvalue weighted by atomic mass is 10.2. The van der Waals surface area contributed by atoms with Crippen LogP contribution in [0.3, 0.4) is 0 Å². The molecule has 1 heterocycles. The fourth-order valence-corrected chi connectivity index (χ4v) is 2.18. The molecule has 0 aliphatic carbocycles. The van der Waals surface area contributed by atoms with E-state index < -0.39 is 0 Å². The first-order valence-corrected chi connectivity index (χ1v) is 7.30. The maximum absolute atomic E-state index is 5.94. The minimum absolute atomic E-state index is 0.00826. The van der Waals surface area contributed by atoms with Crippen molar-refractivity contribution >= 4 is 0 Å². The van der Waals surface area contributed by atoms with E-state index in [1.807, 2.05) is 36.4 Å². The highest BCUT2D eigenvalue weighted by atomic mass is 16.6. The Morgan fingerprint density at radius 3 is 2.05 bits per heavy atom. The van der Waals surface area contributed by atoms with Crippen molar-refractivity contribution in [3.8, 4) is 0 Å². The Bertz CT molecular complexity index is 523. The summed E-state index contributed by atoms with van der Waals surface area (Å²) in [5.41, 5.74) is 2.35. The topological polar surface area (TPSA) is 31.0 Å². The Balaban J connectivity index is 1.44. The third-order valence-corrected chi connectivity index (χ3v) is 3.47. The molecule has 0 bridgehead atoms. The van der Waals surface area contributed by atoms with E-state index in [4.69, 9.17) is 14.2 Å². The van der Waals surface area contributed by atoms with E-state index in [9.17, 15) is 0 Å². The van der Waals surface area contributed by atoms with E-state index in [-0.39, 0.29) is 12.2 Å². The second-order valence-corrected chi connectivity index (χ2v) is 5.21. The van der Waals surface area contributed by atoms with Gasteiger partial charge in [-0.2, -0.15) is 0 Å². The molecular weight excluding hydrogens is 264 g/mol. The monoisotopic (exact) mass is 284 g/mol. The molecule has 21 heavy (non-hydrogen) atoms. The van der Waals surface area contributed by atoms with E-state index in [0.29, 0.717) is 19.8 Å². The van der Waals surface area contributed by atoms with E-state index in [1.165, 1.54) is 11.1 Å². The third-order valence-electron chi connectivity index (χ3n) is 3.47. The number of ether oxygens (including phenoxy) is 3. The molecule has 3 heteroatoms. The van der Waals surface area contributed by atoms with Crippen molar-refractivity contribution in [3.05, 3.63) is 71.8 Å². The number of hydrogen-bond acceptors (Lipinski definition) is 3. The molecular formula is C18H20O3. The standard InChI is InChI=1S/C18H20O3/c1-3-7-15(8-4-1)11-19-13-17(18-14-21-18)20-12-16-9-5-2-6-10-16/h1-10,17-18H,11-14H2/t17?,18-/m1/s1. The lowest BCUT2D eigenvalue weighted by Crippen LogP contribution is -2.25. The summed E-state index contributed by atoms with van der Waals surface area (Å²) in [5.74, 6) is 0. The average Bonchev–Trinajstić information content (AvgIpc) is 3.37. The zero-order chi connectivity index (χ0) is 14.3. The van der Waals surface area contributed by atoms with Crippen molar-refractivity contribution in [1.82, 2.24) is 0 Å². The van der Waals surface area contributed by atoms with Gasteiger partial charge in [-0.05, 0) is 11.1 Å². The molecule has 3 rings (SSSR count). The lowest BCUT2D eigenvalue weighted by Gasteiger charge is -2.16. The van der Waals surface area contributed by atoms with Crippen LogP contribution in [0.4, 0.5) is 0 Å². The molecule has 3 nitrogen and oxygen atoms in total. The molecule has 0 saturated carbocycles. The molecule has 0 radical (unpaired) electrons. The maximum atomic E-state index is 5.94. The van der Waals surface area contributed by atoms with Crippen LogP contribution >= 0.6 is 0 Å². The summed E-state index contributed by atoms with van der Waals surface area (Å²) in [7, 11) is 0. The molecule has 0 aromatic heterocycles. The zero-order valence-corrected chi connectivity index (χ0v) is 12.0. The molecule has 1 aliphatic heterocycles. The highest BCUT2D eigenvalue weighted by Gasteiger charge is 2.33. The predicted molar refractivity (Wildman–Crippen MR) is 80.9 cm³/mol. The van der Waals surface area contributed by atoms with Gasteiger partial charge in [-0.1, -0.05) is 60.7 Å². The molecule has 0 N–H and O–H groups in total. The first kappa shape index (κ1) is 14.3. The van der Waals surface area contributed by atoms with Gasteiger partial charge in [0.15, 0.2) is 0 Å². The molecule has 1 saturated heterocycles. The van der Waals surface area contributed by atoms with Crippen molar-refractivity contribution in [2.45, 2.75) is 25.4 Å². The highest BCUT2D eigenvalue weighted by molar-refractivity contribution is 5.14. The summed E-state index contributed by atoms with van der Waals surface area (Å²) in [5, 5.41) is 0. The van der Waals surface area contributed by atoms with Crippen LogP contribution in [0.1, 0.15) is 11.1 Å². The third kappa shape index (κ3) is 4.67. The summed E-state index contributed by atoms with van der Waals surface area (Å²) in [6, 6.07) is 20.4. The number of epoxide rings is 1. The second-order valence-electron chi connectivity index (χ2n) is 5.21. The van der Waals surface area contributed by atoms with Crippen LogP contribution in [0.15, 0.2) is 60.7 Å². The molecule has 2 aromatic carbocycles. The first-order chi connectivity index (χ1) is 10.4. The predicted octanol–water partition coefficient (Wildman–Crippen LogP) is 3.19. The molecule has 2 atom stereocenters. The van der Waals surface area contributed by atoms with Gasteiger partial charge < -0.3 is 14.2 Å². The van der Waals surface area contributed by atoms with Crippen molar-refractivity contribution in [1.29, 1.82) is 0 Å². The highest BCUT2D eigenvalue weighted by Crippen LogP contribution is 2.19. The fraction of sp³-hybridized carbons (Fsp3) is 0.333. The van der Waals surface area contributed by atoms with Gasteiger partial charge >= 0.3 is 0 Å². The van der Waals surface area contributed by atoms with Crippen LogP contribution in [0.5, 0.6) is 0 Å². The van der Waals surface area contributed by atoms with Crippen LogP contribution < -0.4 is 0 Å². The lowest BCUT2D eigenvalue weighted by molar-refractivity contribution is -0.0417. The van der Waals surface area contributed by atoms with Gasteiger partial charge in [-0.15, -0.1) is 0 Å². The van der Waals surface area contributed by atoms with Gasteiger partial charge in [0.25, 0.3) is 0 Å². The SMILES string of the molecule is c1ccc(COCC(OCc2ccccc2)[C@H]2CO2)cc1. The molecule has 0 spiro atoms. The molecule has 1 fully saturated rings. The second kappa shape index (κ2) is 7.36. The molecule has 110 valence electrons. The van der Waals surface area contributed by atoms with Gasteiger partial charge in [0, 0.05) is 0 Å². The molecule has 2 aromatic rings. The van der Waals surface area contributed by atoms with Gasteiger partial charge in [0.2, 0.25) is 0 Å². The molecule has 1 aliphatic rings. The van der Waals surface area contributed by atoms with Crippen LogP contribution in [0, 0.1) is 0 Å². The van der Waals surface area contributed by atoms with E-state index >= 15 is 0 Å². The smallest absolute Gasteiger partial charge is 0.110 e. The van der Waals surface area contributed by atoms with Crippen molar-refractivity contribution in [2.24, 2.45) is 0 Å². The average molecular weight is 284 g/mol. The van der Waals surface area contributed by atoms with E-state index in [1.54, 1.807) is 0 Å². The van der Waals surface area contributed by atoms with Crippen LogP contribution in [-0.4, -0.2) is 25.4 Å². The minimum Gasteiger partial charge on any atom is -0.374 e. The Kier molecular flexibility index (Phi) is 5.00. The number of hydrogen-bond donors (Lipinski definition) is 0. The summed E-state index contributed by atoms with van der Waals surface area (Å²) in [6.07, 6.45) is 0.193. The normalized spacial score (nSPS) is 18.4. The van der Waals surface area contributed by atoms with Crippen molar-refractivity contribution in [3.63, 3.8) is 0 Å². The van der Waals surface area contributed by atoms with E-state index in [0.717, 1.165) is 6.61 Å². The maximum Gasteiger partial charge on any atom is 0.110 e. The Labute approximate surface area is 125 Å². The van der Waals surface area contributed by atoms with Crippen LogP contribution in [-0.2, 0) is 27.4 Å². The van der Waals surface area contributed by atoms with Crippen LogP contribution in [0.25, 0.3) is 0 Å². The Morgan fingerprint density at radius 2 is 1.48 bits per heavy atom. The fourth-order valence-electron chi connectivity index (χ4n) is 2.18. The van der Waals surface area contributed by atoms with Gasteiger partial charge in [-0.3, -0.25) is 0 Å². The Morgan fingerprint density at radius 1 is 0.905 bits per heavy atom. The first-order valence-electron chi connectivity index (χ1n) is 7.30. The minimum atomic E-state index is 0.00826. The Hall–Kier alpha value is -1.68. The van der Waals surface area contributed by atoms with Gasteiger partial charge in [-0.25, -0.2) is 0 Å². The quantitative estimate of drug-likeness (QED) is 0.698. The summed E-state index contributed by atoms with van der Waals surface area (Å²) < 4.78 is 17.1. The van der Waals surface area contributed by atoms with Crippen molar-refractivity contribution in [2.75, 3.05) is 13.2 Å². The molecule has 1 unspecified atom stereocenters. The summed E-state index contributed by atoms with van der Waals surface area (Å²) >= 11 is 0. The summed E-state index contributed by atoms with van der Waals surface area (Å²) in [6.45, 7) is 2.54. The number of rotatable bonds is 8. The zero-order valence-electron chi connectivity index (χ0n) is 12.0. The largest absolute Gasteiger partial charge is 0.374 e. The van der Waals surface area contributed by atoms with Gasteiger partial charge in [0.1, 0.15) is 12.2 Å². The summed E-state index contributed by atoms with van der Waals surface area (Å²) in [4.78, 5) is 0. The van der Waals surface area contributed by atoms with Crippen LogP contribution in [0.2, 0.25) is 0 Å². The van der Waals surface area contributed by atoms with E-state index in [2.05, 4.69) is 24.3 Å². The van der Waals surface area contributed by atoms with Crippen molar-refractivity contribution < 1.29 is 14.2 Å².